The summed E-state index contributed by atoms with van der Waals surface area (Å²) in [5.41, 5.74) is 0. The first kappa shape index (κ1) is 19.2. The van der Waals surface area contributed by atoms with Crippen molar-refractivity contribution < 1.29 is 24.9 Å². The van der Waals surface area contributed by atoms with Crippen LogP contribution in [0, 0.1) is 23.7 Å². The molecular weight excluding hydrogens is 308 g/mol. The molecule has 24 heavy (non-hydrogen) atoms. The molecule has 0 aromatic carbocycles. The topological polar surface area (TPSA) is 94.8 Å². The largest absolute Gasteiger partial charge is 0.481 e. The van der Waals surface area contributed by atoms with Gasteiger partial charge in [-0.2, -0.15) is 0 Å². The maximum atomic E-state index is 10.9. The van der Waals surface area contributed by atoms with Gasteiger partial charge < -0.3 is 15.3 Å². The predicted octanol–water partition coefficient (Wildman–Crippen LogP) is 3.69. The molecule has 0 radical (unpaired) electrons. The Bertz CT molecular complexity index is 368. The maximum absolute atomic E-state index is 10.9. The lowest BCUT2D eigenvalue weighted by atomic mass is 9.78. The Labute approximate surface area is 144 Å². The molecular formula is C19H32O5. The predicted molar refractivity (Wildman–Crippen MR) is 90.6 cm³/mol. The van der Waals surface area contributed by atoms with Crippen molar-refractivity contribution in [3.05, 3.63) is 0 Å². The molecule has 0 saturated heterocycles. The zero-order chi connectivity index (χ0) is 17.5. The number of hydrogen-bond donors (Lipinski definition) is 3. The number of carboxylic acid groups (broad SMARTS) is 2. The van der Waals surface area contributed by atoms with E-state index in [-0.39, 0.29) is 17.9 Å². The summed E-state index contributed by atoms with van der Waals surface area (Å²) in [5, 5.41) is 28.2. The standard InChI is InChI=1S/C19H32O5/c20-17(11-5-13-1-7-15(8-2-13)18(21)22)12-6-14-3-9-16(10-4-14)19(23)24/h13-17,20H,1-12H2,(H,21,22)(H,23,24). The fourth-order valence-electron chi connectivity index (χ4n) is 4.40. The van der Waals surface area contributed by atoms with Crippen molar-refractivity contribution in [3.8, 4) is 0 Å². The second kappa shape index (κ2) is 9.40. The van der Waals surface area contributed by atoms with Gasteiger partial charge in [0.2, 0.25) is 0 Å². The van der Waals surface area contributed by atoms with Gasteiger partial charge in [-0.3, -0.25) is 9.59 Å². The summed E-state index contributed by atoms with van der Waals surface area (Å²) in [6.45, 7) is 0. The van der Waals surface area contributed by atoms with E-state index in [1.807, 2.05) is 0 Å². The van der Waals surface area contributed by atoms with Gasteiger partial charge in [0.15, 0.2) is 0 Å². The van der Waals surface area contributed by atoms with Crippen molar-refractivity contribution in [2.45, 2.75) is 83.2 Å². The van der Waals surface area contributed by atoms with E-state index >= 15 is 0 Å². The second-order valence-corrected chi connectivity index (χ2v) is 7.92. The van der Waals surface area contributed by atoms with E-state index in [2.05, 4.69) is 0 Å². The fraction of sp³-hybridized carbons (Fsp3) is 0.895. The molecule has 3 N–H and O–H groups in total. The summed E-state index contributed by atoms with van der Waals surface area (Å²) in [5.74, 6) is -0.501. The van der Waals surface area contributed by atoms with Crippen molar-refractivity contribution in [2.75, 3.05) is 0 Å². The summed E-state index contributed by atoms with van der Waals surface area (Å²) in [6, 6.07) is 0. The van der Waals surface area contributed by atoms with Gasteiger partial charge in [0.25, 0.3) is 0 Å². The molecule has 0 heterocycles. The van der Waals surface area contributed by atoms with Crippen molar-refractivity contribution in [1.82, 2.24) is 0 Å². The van der Waals surface area contributed by atoms with E-state index in [1.165, 1.54) is 0 Å². The van der Waals surface area contributed by atoms with Gasteiger partial charge in [-0.15, -0.1) is 0 Å². The summed E-state index contributed by atoms with van der Waals surface area (Å²) >= 11 is 0. The van der Waals surface area contributed by atoms with E-state index in [1.54, 1.807) is 0 Å². The van der Waals surface area contributed by atoms with Crippen LogP contribution in [0.25, 0.3) is 0 Å². The van der Waals surface area contributed by atoms with Crippen molar-refractivity contribution in [1.29, 1.82) is 0 Å². The highest BCUT2D eigenvalue weighted by Gasteiger charge is 2.27. The molecule has 5 heteroatoms. The molecule has 2 saturated carbocycles. The Hall–Kier alpha value is -1.10. The van der Waals surface area contributed by atoms with Crippen LogP contribution in [0.2, 0.25) is 0 Å². The number of hydrogen-bond acceptors (Lipinski definition) is 3. The minimum atomic E-state index is -0.661. The van der Waals surface area contributed by atoms with Crippen LogP contribution < -0.4 is 0 Å². The summed E-state index contributed by atoms with van der Waals surface area (Å²) in [4.78, 5) is 21.9. The molecule has 0 amide bonds. The number of rotatable bonds is 8. The van der Waals surface area contributed by atoms with Crippen LogP contribution >= 0.6 is 0 Å². The number of aliphatic hydroxyl groups is 1. The zero-order valence-electron chi connectivity index (χ0n) is 14.5. The molecule has 5 nitrogen and oxygen atoms in total. The molecule has 2 aliphatic carbocycles. The first-order chi connectivity index (χ1) is 11.5. The average molecular weight is 340 g/mol. The van der Waals surface area contributed by atoms with Gasteiger partial charge in [0, 0.05) is 0 Å². The third-order valence-corrected chi connectivity index (χ3v) is 6.21. The third kappa shape index (κ3) is 6.08. The normalized spacial score (nSPS) is 32.2. The van der Waals surface area contributed by atoms with Gasteiger partial charge in [0.1, 0.15) is 0 Å². The van der Waals surface area contributed by atoms with Crippen LogP contribution in [0.15, 0.2) is 0 Å². The monoisotopic (exact) mass is 340 g/mol. The fourth-order valence-corrected chi connectivity index (χ4v) is 4.40. The third-order valence-electron chi connectivity index (χ3n) is 6.21. The van der Waals surface area contributed by atoms with Crippen LogP contribution in [0.1, 0.15) is 77.0 Å². The maximum Gasteiger partial charge on any atom is 0.306 e. The molecule has 0 aromatic heterocycles. The number of carboxylic acids is 2. The summed E-state index contributed by atoms with van der Waals surface area (Å²) < 4.78 is 0. The number of carbonyl (C=O) groups is 2. The van der Waals surface area contributed by atoms with Crippen molar-refractivity contribution in [2.24, 2.45) is 23.7 Å². The minimum absolute atomic E-state index is 0.160. The highest BCUT2D eigenvalue weighted by molar-refractivity contribution is 5.70. The second-order valence-electron chi connectivity index (χ2n) is 7.92. The Kier molecular flexibility index (Phi) is 7.53. The molecule has 2 rings (SSSR count). The molecule has 0 unspecified atom stereocenters. The molecule has 0 atom stereocenters. The van der Waals surface area contributed by atoms with Crippen LogP contribution in [0.4, 0.5) is 0 Å². The molecule has 0 aliphatic heterocycles. The van der Waals surface area contributed by atoms with Crippen LogP contribution in [-0.4, -0.2) is 33.4 Å². The van der Waals surface area contributed by atoms with Crippen molar-refractivity contribution >= 4 is 11.9 Å². The number of aliphatic carboxylic acids is 2. The Balaban J connectivity index is 1.55. The van der Waals surface area contributed by atoms with Crippen LogP contribution in [0.5, 0.6) is 0 Å². The molecule has 0 aromatic rings. The molecule has 0 bridgehead atoms. The zero-order valence-corrected chi connectivity index (χ0v) is 14.5. The van der Waals surface area contributed by atoms with E-state index < -0.39 is 11.9 Å². The quantitative estimate of drug-likeness (QED) is 0.626. The highest BCUT2D eigenvalue weighted by atomic mass is 16.4. The Morgan fingerprint density at radius 3 is 1.33 bits per heavy atom. The molecule has 2 aliphatic rings. The molecule has 0 spiro atoms. The van der Waals surface area contributed by atoms with Crippen molar-refractivity contribution in [3.63, 3.8) is 0 Å². The molecule has 138 valence electrons. The van der Waals surface area contributed by atoms with Gasteiger partial charge in [-0.1, -0.05) is 0 Å². The summed E-state index contributed by atoms with van der Waals surface area (Å²) in [7, 11) is 0. The van der Waals surface area contributed by atoms with E-state index in [0.29, 0.717) is 11.8 Å². The molecule has 2 fully saturated rings. The minimum Gasteiger partial charge on any atom is -0.481 e. The van der Waals surface area contributed by atoms with Gasteiger partial charge in [0.05, 0.1) is 17.9 Å². The lowest BCUT2D eigenvalue weighted by Crippen LogP contribution is -2.23. The highest BCUT2D eigenvalue weighted by Crippen LogP contribution is 2.34. The SMILES string of the molecule is O=C(O)C1CCC(CCC(O)CCC2CCC(C(=O)O)CC2)CC1. The average Bonchev–Trinajstić information content (AvgIpc) is 2.58. The van der Waals surface area contributed by atoms with Gasteiger partial charge in [-0.05, 0) is 88.9 Å². The van der Waals surface area contributed by atoms with Crippen LogP contribution in [0.3, 0.4) is 0 Å². The Morgan fingerprint density at radius 2 is 1.04 bits per heavy atom. The smallest absolute Gasteiger partial charge is 0.306 e. The van der Waals surface area contributed by atoms with E-state index in [9.17, 15) is 14.7 Å². The number of aliphatic hydroxyl groups excluding tert-OH is 1. The van der Waals surface area contributed by atoms with E-state index in [4.69, 9.17) is 10.2 Å². The van der Waals surface area contributed by atoms with Gasteiger partial charge in [-0.25, -0.2) is 0 Å². The summed E-state index contributed by atoms with van der Waals surface area (Å²) in [6.07, 6.45) is 10.4. The Morgan fingerprint density at radius 1 is 0.708 bits per heavy atom. The first-order valence-corrected chi connectivity index (χ1v) is 9.59. The van der Waals surface area contributed by atoms with E-state index in [0.717, 1.165) is 77.0 Å². The van der Waals surface area contributed by atoms with Gasteiger partial charge >= 0.3 is 11.9 Å². The lowest BCUT2D eigenvalue weighted by Gasteiger charge is -2.28. The first-order valence-electron chi connectivity index (χ1n) is 9.59. The lowest BCUT2D eigenvalue weighted by molar-refractivity contribution is -0.144. The van der Waals surface area contributed by atoms with Crippen LogP contribution in [-0.2, 0) is 9.59 Å².